The maximum absolute atomic E-state index is 14.2. The molecule has 206 valence electrons. The van der Waals surface area contributed by atoms with E-state index in [4.69, 9.17) is 20.9 Å². The molecule has 1 aliphatic rings. The quantitative estimate of drug-likeness (QED) is 0.347. The van der Waals surface area contributed by atoms with E-state index in [1.807, 2.05) is 31.1 Å². The molecule has 1 aromatic heterocycles. The van der Waals surface area contributed by atoms with E-state index in [2.05, 4.69) is 23.5 Å². The minimum atomic E-state index is -1.08. The van der Waals surface area contributed by atoms with Gasteiger partial charge in [0.2, 0.25) is 12.7 Å². The van der Waals surface area contributed by atoms with Gasteiger partial charge in [0.15, 0.2) is 17.2 Å². The second kappa shape index (κ2) is 11.6. The predicted molar refractivity (Wildman–Crippen MR) is 150 cm³/mol. The van der Waals surface area contributed by atoms with Gasteiger partial charge in [-0.15, -0.1) is 0 Å². The molecular formula is C27H32N6O5S. The van der Waals surface area contributed by atoms with E-state index in [-0.39, 0.29) is 29.0 Å². The monoisotopic (exact) mass is 552 g/mol. The molecule has 1 atom stereocenters. The lowest BCUT2D eigenvalue weighted by atomic mass is 10.0. The van der Waals surface area contributed by atoms with Crippen molar-refractivity contribution < 1.29 is 23.9 Å². The Morgan fingerprint density at radius 3 is 2.33 bits per heavy atom. The minimum Gasteiger partial charge on any atom is -0.454 e. The molecule has 0 spiro atoms. The molecule has 0 fully saturated rings. The van der Waals surface area contributed by atoms with Crippen LogP contribution in [-0.4, -0.2) is 49.5 Å². The summed E-state index contributed by atoms with van der Waals surface area (Å²) in [7, 11) is 3.83. The van der Waals surface area contributed by atoms with Crippen molar-refractivity contribution in [3.8, 4) is 11.5 Å². The molecule has 11 nitrogen and oxygen atoms in total. The summed E-state index contributed by atoms with van der Waals surface area (Å²) in [5.74, 6) is -0.511. The van der Waals surface area contributed by atoms with Crippen LogP contribution in [0.25, 0.3) is 0 Å². The first kappa shape index (κ1) is 27.7. The molecule has 0 saturated carbocycles. The van der Waals surface area contributed by atoms with Crippen LogP contribution in [0, 0.1) is 5.92 Å². The summed E-state index contributed by atoms with van der Waals surface area (Å²) in [5, 5.41) is 2.98. The van der Waals surface area contributed by atoms with Gasteiger partial charge < -0.3 is 31.2 Å². The van der Waals surface area contributed by atoms with Crippen LogP contribution in [0.4, 0.5) is 17.1 Å². The van der Waals surface area contributed by atoms with Gasteiger partial charge >= 0.3 is 0 Å². The fourth-order valence-electron chi connectivity index (χ4n) is 4.11. The summed E-state index contributed by atoms with van der Waals surface area (Å²) in [6.45, 7) is 4.60. The van der Waals surface area contributed by atoms with Crippen LogP contribution in [0.3, 0.4) is 0 Å². The number of aromatic nitrogens is 1. The van der Waals surface area contributed by atoms with Gasteiger partial charge in [0.1, 0.15) is 10.9 Å². The molecule has 3 amide bonds. The number of hydrogen-bond donors (Lipinski definition) is 3. The lowest BCUT2D eigenvalue weighted by Crippen LogP contribution is -2.44. The van der Waals surface area contributed by atoms with Gasteiger partial charge in [-0.05, 0) is 53.7 Å². The molecule has 2 aromatic carbocycles. The number of carbonyl (C=O) groups is 3. The highest BCUT2D eigenvalue weighted by atomic mass is 32.1. The van der Waals surface area contributed by atoms with Gasteiger partial charge in [-0.2, -0.15) is 4.37 Å². The zero-order valence-corrected chi connectivity index (χ0v) is 23.1. The number of nitrogens with two attached hydrogens (primary N) is 2. The standard InChI is InChI=1S/C27H32N6O5S/c1-15(2)11-12-30-26(35)23(16-5-7-17(8-6-16)32(3)4)33(18-9-10-19-20(13-18)38-14-37-19)27(36)24-21(28)22(25(29)34)31-39-24/h5-10,13,15,23H,11-12,14,28H2,1-4H3,(H2,29,34)(H,30,35)/t23-/m0/s1. The second-order valence-corrected chi connectivity index (χ2v) is 10.5. The van der Waals surface area contributed by atoms with Crippen LogP contribution in [0.15, 0.2) is 42.5 Å². The van der Waals surface area contributed by atoms with Crippen LogP contribution in [0.1, 0.15) is 52.0 Å². The topological polar surface area (TPSA) is 153 Å². The van der Waals surface area contributed by atoms with Gasteiger partial charge in [-0.1, -0.05) is 26.0 Å². The number of hydrogen-bond acceptors (Lipinski definition) is 9. The van der Waals surface area contributed by atoms with E-state index in [1.165, 1.54) is 4.90 Å². The summed E-state index contributed by atoms with van der Waals surface area (Å²) in [5.41, 5.74) is 13.1. The predicted octanol–water partition coefficient (Wildman–Crippen LogP) is 3.17. The van der Waals surface area contributed by atoms with E-state index in [1.54, 1.807) is 30.3 Å². The van der Waals surface area contributed by atoms with Gasteiger partial charge in [0, 0.05) is 38.1 Å². The number of anilines is 3. The molecule has 12 heteroatoms. The lowest BCUT2D eigenvalue weighted by molar-refractivity contribution is -0.122. The Labute approximate surface area is 230 Å². The first-order valence-electron chi connectivity index (χ1n) is 12.4. The molecule has 3 aromatic rings. The van der Waals surface area contributed by atoms with Gasteiger partial charge in [0.05, 0.1) is 5.69 Å². The van der Waals surface area contributed by atoms with Crippen LogP contribution >= 0.6 is 11.5 Å². The van der Waals surface area contributed by atoms with Crippen LogP contribution in [-0.2, 0) is 4.79 Å². The van der Waals surface area contributed by atoms with E-state index in [0.717, 1.165) is 23.6 Å². The highest BCUT2D eigenvalue weighted by Gasteiger charge is 2.36. The Bertz CT molecular complexity index is 1370. The highest BCUT2D eigenvalue weighted by molar-refractivity contribution is 7.09. The lowest BCUT2D eigenvalue weighted by Gasteiger charge is -2.31. The summed E-state index contributed by atoms with van der Waals surface area (Å²) in [6, 6.07) is 11.2. The molecule has 0 saturated heterocycles. The van der Waals surface area contributed by atoms with Crippen molar-refractivity contribution in [3.63, 3.8) is 0 Å². The van der Waals surface area contributed by atoms with E-state index in [9.17, 15) is 14.4 Å². The van der Waals surface area contributed by atoms with E-state index >= 15 is 0 Å². The first-order valence-corrected chi connectivity index (χ1v) is 13.2. The fraction of sp³-hybridized carbons (Fsp3) is 0.333. The number of rotatable bonds is 10. The van der Waals surface area contributed by atoms with Gasteiger partial charge in [0.25, 0.3) is 11.8 Å². The van der Waals surface area contributed by atoms with Gasteiger partial charge in [-0.3, -0.25) is 19.3 Å². The normalized spacial score (nSPS) is 12.7. The van der Waals surface area contributed by atoms with Crippen molar-refractivity contribution in [1.29, 1.82) is 0 Å². The zero-order chi connectivity index (χ0) is 28.3. The van der Waals surface area contributed by atoms with Crippen molar-refractivity contribution in [2.24, 2.45) is 11.7 Å². The minimum absolute atomic E-state index is 0.00800. The maximum Gasteiger partial charge on any atom is 0.273 e. The number of carbonyl (C=O) groups excluding carboxylic acids is 3. The zero-order valence-electron chi connectivity index (χ0n) is 22.3. The first-order chi connectivity index (χ1) is 18.6. The van der Waals surface area contributed by atoms with Crippen molar-refractivity contribution in [2.45, 2.75) is 26.3 Å². The Kier molecular flexibility index (Phi) is 8.24. The summed E-state index contributed by atoms with van der Waals surface area (Å²) in [6.07, 6.45) is 0.764. The maximum atomic E-state index is 14.2. The number of fused-ring (bicyclic) bond motifs is 1. The number of nitrogens with one attached hydrogen (secondary N) is 1. The van der Waals surface area contributed by atoms with Crippen LogP contribution in [0.2, 0.25) is 0 Å². The third-order valence-electron chi connectivity index (χ3n) is 6.26. The largest absolute Gasteiger partial charge is 0.454 e. The molecule has 0 radical (unpaired) electrons. The number of ether oxygens (including phenoxy) is 2. The molecule has 39 heavy (non-hydrogen) atoms. The van der Waals surface area contributed by atoms with E-state index in [0.29, 0.717) is 35.2 Å². The van der Waals surface area contributed by atoms with Crippen molar-refractivity contribution >= 4 is 46.3 Å². The Morgan fingerprint density at radius 2 is 1.72 bits per heavy atom. The molecule has 0 bridgehead atoms. The third-order valence-corrected chi connectivity index (χ3v) is 7.11. The molecule has 0 aliphatic carbocycles. The molecule has 1 aliphatic heterocycles. The second-order valence-electron chi connectivity index (χ2n) is 9.71. The number of benzene rings is 2. The van der Waals surface area contributed by atoms with Gasteiger partial charge in [-0.25, -0.2) is 0 Å². The van der Waals surface area contributed by atoms with Crippen molar-refractivity contribution in [2.75, 3.05) is 43.0 Å². The molecule has 0 unspecified atom stereocenters. The SMILES string of the molecule is CC(C)CCNC(=O)[C@H](c1ccc(N(C)C)cc1)N(C(=O)c1snc(C(N)=O)c1N)c1ccc2c(c1)OCO2. The molecular weight excluding hydrogens is 520 g/mol. The summed E-state index contributed by atoms with van der Waals surface area (Å²) >= 11 is 0.752. The van der Waals surface area contributed by atoms with Crippen LogP contribution < -0.4 is 36.1 Å². The van der Waals surface area contributed by atoms with Crippen molar-refractivity contribution in [1.82, 2.24) is 9.69 Å². The average Bonchev–Trinajstić information content (AvgIpc) is 3.52. The highest BCUT2D eigenvalue weighted by Crippen LogP contribution is 2.40. The Balaban J connectivity index is 1.85. The van der Waals surface area contributed by atoms with E-state index < -0.39 is 17.9 Å². The number of amides is 3. The smallest absolute Gasteiger partial charge is 0.273 e. The Hall–Kier alpha value is -4.32. The number of primary amides is 1. The molecule has 4 rings (SSSR count). The van der Waals surface area contributed by atoms with Crippen molar-refractivity contribution in [3.05, 3.63) is 58.6 Å². The number of nitrogen functional groups attached to an aromatic ring is 1. The van der Waals surface area contributed by atoms with Crippen LogP contribution in [0.5, 0.6) is 11.5 Å². The summed E-state index contributed by atoms with van der Waals surface area (Å²) < 4.78 is 15.0. The average molecular weight is 553 g/mol. The third kappa shape index (κ3) is 5.90. The Morgan fingerprint density at radius 1 is 1.05 bits per heavy atom. The fourth-order valence-corrected chi connectivity index (χ4v) is 4.85. The number of nitrogens with zero attached hydrogens (tertiary/aromatic N) is 3. The molecule has 2 heterocycles. The summed E-state index contributed by atoms with van der Waals surface area (Å²) in [4.78, 5) is 43.1. The molecule has 5 N–H and O–H groups in total.